The second kappa shape index (κ2) is 7.63. The van der Waals surface area contributed by atoms with Crippen molar-refractivity contribution in [2.45, 2.75) is 40.7 Å². The number of hydrogen-bond donors (Lipinski definition) is 4. The van der Waals surface area contributed by atoms with Crippen molar-refractivity contribution in [2.75, 3.05) is 13.1 Å². The van der Waals surface area contributed by atoms with Crippen LogP contribution < -0.4 is 16.0 Å². The zero-order chi connectivity index (χ0) is 16.9. The maximum atomic E-state index is 12.1. The lowest BCUT2D eigenvalue weighted by molar-refractivity contribution is 0.0948. The van der Waals surface area contributed by atoms with Gasteiger partial charge in [0.2, 0.25) is 0 Å². The molecule has 0 saturated carbocycles. The van der Waals surface area contributed by atoms with Crippen molar-refractivity contribution in [2.24, 2.45) is 0 Å². The molecule has 1 aromatic rings. The van der Waals surface area contributed by atoms with E-state index in [1.54, 1.807) is 13.8 Å². The molecule has 0 saturated heterocycles. The predicted molar refractivity (Wildman–Crippen MR) is 84.3 cm³/mol. The van der Waals surface area contributed by atoms with E-state index in [-0.39, 0.29) is 23.8 Å². The first-order valence-electron chi connectivity index (χ1n) is 7.26. The highest BCUT2D eigenvalue weighted by molar-refractivity contribution is 6.02. The zero-order valence-corrected chi connectivity index (χ0v) is 13.7. The molecule has 7 heteroatoms. The molecule has 1 rings (SSSR count). The molecule has 0 aromatic carbocycles. The lowest BCUT2D eigenvalue weighted by Gasteiger charge is -2.10. The van der Waals surface area contributed by atoms with E-state index in [4.69, 9.17) is 0 Å². The van der Waals surface area contributed by atoms with Crippen molar-refractivity contribution < 1.29 is 14.4 Å². The number of nitrogens with one attached hydrogen (secondary N) is 4. The number of Topliss-reactive ketones (excluding diaryl/α,β-unsaturated/α-hetero) is 1. The lowest BCUT2D eigenvalue weighted by atomic mass is 10.1. The van der Waals surface area contributed by atoms with E-state index in [0.717, 1.165) is 0 Å². The first-order valence-corrected chi connectivity index (χ1v) is 7.26. The molecule has 0 unspecified atom stereocenters. The molecular formula is C15H24N4O3. The van der Waals surface area contributed by atoms with E-state index in [2.05, 4.69) is 20.9 Å². The van der Waals surface area contributed by atoms with Crippen molar-refractivity contribution in [3.05, 3.63) is 22.5 Å². The van der Waals surface area contributed by atoms with Gasteiger partial charge in [0.25, 0.3) is 5.91 Å². The topological polar surface area (TPSA) is 103 Å². The van der Waals surface area contributed by atoms with Gasteiger partial charge in [0.05, 0.1) is 0 Å². The van der Waals surface area contributed by atoms with Crippen LogP contribution in [-0.4, -0.2) is 41.8 Å². The van der Waals surface area contributed by atoms with Crippen molar-refractivity contribution >= 4 is 17.7 Å². The SMILES string of the molecule is CC(=O)c1c(C)[nH]c(C(=O)NCCNC(=O)NC(C)C)c1C. The Hall–Kier alpha value is -2.31. The van der Waals surface area contributed by atoms with Crippen molar-refractivity contribution in [3.8, 4) is 0 Å². The zero-order valence-electron chi connectivity index (χ0n) is 13.7. The van der Waals surface area contributed by atoms with Crippen LogP contribution >= 0.6 is 0 Å². The van der Waals surface area contributed by atoms with Crippen molar-refractivity contribution in [1.82, 2.24) is 20.9 Å². The molecule has 0 fully saturated rings. The molecule has 7 nitrogen and oxygen atoms in total. The van der Waals surface area contributed by atoms with E-state index in [1.807, 2.05) is 13.8 Å². The van der Waals surface area contributed by atoms with Crippen LogP contribution in [0.1, 0.15) is 52.9 Å². The van der Waals surface area contributed by atoms with E-state index < -0.39 is 0 Å². The number of urea groups is 1. The third kappa shape index (κ3) is 4.61. The first-order chi connectivity index (χ1) is 10.2. The normalized spacial score (nSPS) is 10.5. The number of rotatable bonds is 6. The van der Waals surface area contributed by atoms with Crippen LogP contribution in [0.25, 0.3) is 0 Å². The van der Waals surface area contributed by atoms with Gasteiger partial charge in [0, 0.05) is 30.4 Å². The fourth-order valence-corrected chi connectivity index (χ4v) is 2.26. The molecule has 0 spiro atoms. The smallest absolute Gasteiger partial charge is 0.315 e. The molecule has 0 radical (unpaired) electrons. The molecule has 0 atom stereocenters. The summed E-state index contributed by atoms with van der Waals surface area (Å²) in [5.74, 6) is -0.364. The highest BCUT2D eigenvalue weighted by Gasteiger charge is 2.19. The molecule has 3 amide bonds. The molecule has 22 heavy (non-hydrogen) atoms. The Balaban J connectivity index is 2.52. The van der Waals surface area contributed by atoms with E-state index in [0.29, 0.717) is 35.6 Å². The summed E-state index contributed by atoms with van der Waals surface area (Å²) < 4.78 is 0. The third-order valence-corrected chi connectivity index (χ3v) is 3.13. The largest absolute Gasteiger partial charge is 0.354 e. The van der Waals surface area contributed by atoms with Crippen LogP contribution in [0.2, 0.25) is 0 Å². The minimum absolute atomic E-state index is 0.0594. The Bertz CT molecular complexity index is 576. The third-order valence-electron chi connectivity index (χ3n) is 3.13. The standard InChI is InChI=1S/C15H24N4O3/c1-8(2)18-15(22)17-7-6-16-14(21)13-9(3)12(11(5)20)10(4)19-13/h8,19H,6-7H2,1-5H3,(H,16,21)(H2,17,18,22). The van der Waals surface area contributed by atoms with Crippen LogP contribution in [-0.2, 0) is 0 Å². The second-order valence-electron chi connectivity index (χ2n) is 5.49. The Kier molecular flexibility index (Phi) is 6.15. The fraction of sp³-hybridized carbons (Fsp3) is 0.533. The molecule has 122 valence electrons. The summed E-state index contributed by atoms with van der Waals surface area (Å²) >= 11 is 0. The number of hydrogen-bond acceptors (Lipinski definition) is 3. The molecule has 1 heterocycles. The number of amides is 3. The molecular weight excluding hydrogens is 284 g/mol. The van der Waals surface area contributed by atoms with Gasteiger partial charge in [-0.05, 0) is 40.2 Å². The monoisotopic (exact) mass is 308 g/mol. The minimum Gasteiger partial charge on any atom is -0.354 e. The Labute approximate surface area is 130 Å². The number of carbonyl (C=O) groups excluding carboxylic acids is 3. The van der Waals surface area contributed by atoms with Crippen LogP contribution in [0.4, 0.5) is 4.79 Å². The number of H-pyrrole nitrogens is 1. The number of carbonyl (C=O) groups is 3. The molecule has 1 aromatic heterocycles. The molecule has 0 bridgehead atoms. The van der Waals surface area contributed by atoms with Gasteiger partial charge in [-0.15, -0.1) is 0 Å². The fourth-order valence-electron chi connectivity index (χ4n) is 2.26. The van der Waals surface area contributed by atoms with Gasteiger partial charge >= 0.3 is 6.03 Å². The maximum absolute atomic E-state index is 12.1. The van der Waals surface area contributed by atoms with E-state index in [9.17, 15) is 14.4 Å². The van der Waals surface area contributed by atoms with E-state index in [1.165, 1.54) is 6.92 Å². The maximum Gasteiger partial charge on any atom is 0.315 e. The van der Waals surface area contributed by atoms with Crippen LogP contribution in [0.15, 0.2) is 0 Å². The Morgan fingerprint density at radius 3 is 2.18 bits per heavy atom. The van der Waals surface area contributed by atoms with Gasteiger partial charge in [0.15, 0.2) is 5.78 Å². The van der Waals surface area contributed by atoms with Crippen molar-refractivity contribution in [1.29, 1.82) is 0 Å². The van der Waals surface area contributed by atoms with Crippen LogP contribution in [0.3, 0.4) is 0 Å². The van der Waals surface area contributed by atoms with Gasteiger partial charge in [-0.25, -0.2) is 4.79 Å². The average Bonchev–Trinajstić information content (AvgIpc) is 2.69. The molecule has 4 N–H and O–H groups in total. The van der Waals surface area contributed by atoms with E-state index >= 15 is 0 Å². The summed E-state index contributed by atoms with van der Waals surface area (Å²) in [4.78, 5) is 37.9. The second-order valence-corrected chi connectivity index (χ2v) is 5.49. The lowest BCUT2D eigenvalue weighted by Crippen LogP contribution is -2.42. The summed E-state index contributed by atoms with van der Waals surface area (Å²) in [7, 11) is 0. The Morgan fingerprint density at radius 2 is 1.68 bits per heavy atom. The minimum atomic E-state index is -0.292. The predicted octanol–water partition coefficient (Wildman–Crippen LogP) is 1.27. The first kappa shape index (κ1) is 17.7. The van der Waals surface area contributed by atoms with Gasteiger partial charge in [0.1, 0.15) is 5.69 Å². The summed E-state index contributed by atoms with van der Waals surface area (Å²) in [6, 6.07) is -0.209. The number of aryl methyl sites for hydroxylation is 1. The quantitative estimate of drug-likeness (QED) is 0.470. The number of ketones is 1. The highest BCUT2D eigenvalue weighted by Crippen LogP contribution is 2.18. The van der Waals surface area contributed by atoms with Gasteiger partial charge in [-0.2, -0.15) is 0 Å². The van der Waals surface area contributed by atoms with Crippen LogP contribution in [0, 0.1) is 13.8 Å². The molecule has 0 aliphatic carbocycles. The van der Waals surface area contributed by atoms with Gasteiger partial charge in [-0.1, -0.05) is 0 Å². The van der Waals surface area contributed by atoms with Gasteiger partial charge < -0.3 is 20.9 Å². The Morgan fingerprint density at radius 1 is 1.09 bits per heavy atom. The number of aromatic amines is 1. The summed E-state index contributed by atoms with van der Waals surface area (Å²) in [5, 5.41) is 8.03. The summed E-state index contributed by atoms with van der Waals surface area (Å²) in [6.07, 6.45) is 0. The summed E-state index contributed by atoms with van der Waals surface area (Å²) in [6.45, 7) is 9.33. The summed E-state index contributed by atoms with van der Waals surface area (Å²) in [5.41, 5.74) is 2.27. The number of aromatic nitrogens is 1. The molecule has 0 aliphatic rings. The molecule has 0 aliphatic heterocycles. The average molecular weight is 308 g/mol. The highest BCUT2D eigenvalue weighted by atomic mass is 16.2. The van der Waals surface area contributed by atoms with Crippen LogP contribution in [0.5, 0.6) is 0 Å². The van der Waals surface area contributed by atoms with Crippen molar-refractivity contribution in [3.63, 3.8) is 0 Å². The van der Waals surface area contributed by atoms with Gasteiger partial charge in [-0.3, -0.25) is 9.59 Å².